The molecule has 0 radical (unpaired) electrons. The molecule has 0 spiro atoms. The lowest BCUT2D eigenvalue weighted by molar-refractivity contribution is 0.0938. The number of amides is 2. The fraction of sp³-hybridized carbons (Fsp3) is 0.129. The maximum absolute atomic E-state index is 12.8. The zero-order valence-electron chi connectivity index (χ0n) is 21.0. The number of benzene rings is 4. The molecule has 4 aromatic rings. The largest absolute Gasteiger partial charge is 0.493 e. The molecule has 6 nitrogen and oxygen atoms in total. The molecule has 0 bridgehead atoms. The van der Waals surface area contributed by atoms with E-state index in [0.29, 0.717) is 29.2 Å². The summed E-state index contributed by atoms with van der Waals surface area (Å²) >= 11 is 5.34. The number of carbonyl (C=O) groups is 2. The van der Waals surface area contributed by atoms with Gasteiger partial charge in [0, 0.05) is 23.2 Å². The number of hydrogen-bond donors (Lipinski definition) is 3. The van der Waals surface area contributed by atoms with E-state index in [4.69, 9.17) is 17.0 Å². The summed E-state index contributed by atoms with van der Waals surface area (Å²) in [5.74, 6) is 0.0431. The lowest BCUT2D eigenvalue weighted by Gasteiger charge is -2.15. The van der Waals surface area contributed by atoms with Gasteiger partial charge in [-0.25, -0.2) is 0 Å². The van der Waals surface area contributed by atoms with Crippen molar-refractivity contribution >= 4 is 34.8 Å². The molecule has 0 aromatic heterocycles. The van der Waals surface area contributed by atoms with Crippen LogP contribution < -0.4 is 20.7 Å². The Bertz CT molecular complexity index is 1390. The zero-order valence-corrected chi connectivity index (χ0v) is 21.8. The average Bonchev–Trinajstić information content (AvgIpc) is 2.94. The predicted octanol–water partition coefficient (Wildman–Crippen LogP) is 5.93. The van der Waals surface area contributed by atoms with E-state index in [2.05, 4.69) is 28.1 Å². The molecule has 0 fully saturated rings. The van der Waals surface area contributed by atoms with Gasteiger partial charge in [-0.2, -0.15) is 0 Å². The smallest absolute Gasteiger partial charge is 0.257 e. The SMILES string of the molecule is CC(NC(=O)c1cccc(NC(=S)NC(=O)c2cccc(OCCc3ccccc3)c2)c1)c1ccccc1. The molecule has 0 aliphatic rings. The van der Waals surface area contributed by atoms with Crippen LogP contribution >= 0.6 is 12.2 Å². The molecule has 4 aromatic carbocycles. The first-order chi connectivity index (χ1) is 18.5. The fourth-order valence-electron chi connectivity index (χ4n) is 3.84. The van der Waals surface area contributed by atoms with Crippen molar-refractivity contribution in [3.05, 3.63) is 131 Å². The van der Waals surface area contributed by atoms with E-state index in [1.807, 2.05) is 61.5 Å². The Labute approximate surface area is 228 Å². The Hall–Kier alpha value is -4.49. The highest BCUT2D eigenvalue weighted by atomic mass is 32.1. The number of rotatable bonds is 9. The molecule has 192 valence electrons. The fourth-order valence-corrected chi connectivity index (χ4v) is 4.05. The van der Waals surface area contributed by atoms with E-state index >= 15 is 0 Å². The zero-order chi connectivity index (χ0) is 26.7. The summed E-state index contributed by atoms with van der Waals surface area (Å²) in [6.45, 7) is 2.44. The molecule has 0 saturated carbocycles. The number of anilines is 1. The number of nitrogens with one attached hydrogen (secondary N) is 3. The van der Waals surface area contributed by atoms with Crippen molar-refractivity contribution in [3.63, 3.8) is 0 Å². The number of thiocarbonyl (C=S) groups is 1. The van der Waals surface area contributed by atoms with Gasteiger partial charge in [0.15, 0.2) is 5.11 Å². The third-order valence-electron chi connectivity index (χ3n) is 5.86. The third kappa shape index (κ3) is 7.75. The van der Waals surface area contributed by atoms with Gasteiger partial charge < -0.3 is 15.4 Å². The summed E-state index contributed by atoms with van der Waals surface area (Å²) in [5, 5.41) is 8.78. The van der Waals surface area contributed by atoms with Crippen LogP contribution in [0.15, 0.2) is 109 Å². The van der Waals surface area contributed by atoms with E-state index in [9.17, 15) is 9.59 Å². The minimum Gasteiger partial charge on any atom is -0.493 e. The van der Waals surface area contributed by atoms with E-state index < -0.39 is 0 Å². The molecule has 7 heteroatoms. The van der Waals surface area contributed by atoms with Crippen molar-refractivity contribution < 1.29 is 14.3 Å². The average molecular weight is 524 g/mol. The highest BCUT2D eigenvalue weighted by Crippen LogP contribution is 2.16. The number of carbonyl (C=O) groups excluding carboxylic acids is 2. The summed E-state index contributed by atoms with van der Waals surface area (Å²) in [4.78, 5) is 25.5. The normalized spacial score (nSPS) is 11.2. The Morgan fingerprint density at radius 1 is 0.789 bits per heavy atom. The molecule has 2 amide bonds. The van der Waals surface area contributed by atoms with Crippen molar-refractivity contribution in [2.75, 3.05) is 11.9 Å². The van der Waals surface area contributed by atoms with Crippen LogP contribution in [0.2, 0.25) is 0 Å². The van der Waals surface area contributed by atoms with Crippen LogP contribution in [0, 0.1) is 0 Å². The van der Waals surface area contributed by atoms with Crippen molar-refractivity contribution in [2.45, 2.75) is 19.4 Å². The van der Waals surface area contributed by atoms with Gasteiger partial charge in [-0.05, 0) is 66.7 Å². The first kappa shape index (κ1) is 26.6. The quantitative estimate of drug-likeness (QED) is 0.237. The Morgan fingerprint density at radius 2 is 1.45 bits per heavy atom. The Balaban J connectivity index is 1.29. The van der Waals surface area contributed by atoms with Crippen LogP contribution in [0.4, 0.5) is 5.69 Å². The number of hydrogen-bond acceptors (Lipinski definition) is 4. The summed E-state index contributed by atoms with van der Waals surface area (Å²) < 4.78 is 5.83. The molecule has 4 rings (SSSR count). The maximum atomic E-state index is 12.8. The molecule has 3 N–H and O–H groups in total. The maximum Gasteiger partial charge on any atom is 0.257 e. The summed E-state index contributed by atoms with van der Waals surface area (Å²) in [7, 11) is 0. The molecule has 0 saturated heterocycles. The van der Waals surface area contributed by atoms with Gasteiger partial charge in [0.1, 0.15) is 5.75 Å². The van der Waals surface area contributed by atoms with Crippen LogP contribution in [-0.4, -0.2) is 23.5 Å². The monoisotopic (exact) mass is 523 g/mol. The van der Waals surface area contributed by atoms with Gasteiger partial charge in [-0.15, -0.1) is 0 Å². The van der Waals surface area contributed by atoms with Crippen LogP contribution in [0.5, 0.6) is 5.75 Å². The van der Waals surface area contributed by atoms with Gasteiger partial charge >= 0.3 is 0 Å². The highest BCUT2D eigenvalue weighted by Gasteiger charge is 2.13. The van der Waals surface area contributed by atoms with Crippen molar-refractivity contribution in [3.8, 4) is 5.75 Å². The second-order valence-electron chi connectivity index (χ2n) is 8.71. The predicted molar refractivity (Wildman–Crippen MR) is 155 cm³/mol. The highest BCUT2D eigenvalue weighted by molar-refractivity contribution is 7.80. The minimum atomic E-state index is -0.360. The molecular formula is C31H29N3O3S. The second kappa shape index (κ2) is 13.2. The van der Waals surface area contributed by atoms with Gasteiger partial charge in [0.25, 0.3) is 11.8 Å². The van der Waals surface area contributed by atoms with E-state index in [-0.39, 0.29) is 23.0 Å². The first-order valence-corrected chi connectivity index (χ1v) is 12.7. The first-order valence-electron chi connectivity index (χ1n) is 12.3. The molecule has 1 unspecified atom stereocenters. The van der Waals surface area contributed by atoms with Gasteiger partial charge in [-0.1, -0.05) is 72.8 Å². The van der Waals surface area contributed by atoms with Crippen molar-refractivity contribution in [1.82, 2.24) is 10.6 Å². The Morgan fingerprint density at radius 3 is 2.18 bits per heavy atom. The van der Waals surface area contributed by atoms with Crippen LogP contribution in [0.1, 0.15) is 44.8 Å². The minimum absolute atomic E-state index is 0.126. The summed E-state index contributed by atoms with van der Waals surface area (Å²) in [6, 6.07) is 33.6. The van der Waals surface area contributed by atoms with Gasteiger partial charge in [-0.3, -0.25) is 14.9 Å². The molecule has 1 atom stereocenters. The van der Waals surface area contributed by atoms with E-state index in [1.54, 1.807) is 42.5 Å². The third-order valence-corrected chi connectivity index (χ3v) is 6.06. The second-order valence-corrected chi connectivity index (χ2v) is 9.12. The lowest BCUT2D eigenvalue weighted by atomic mass is 10.1. The van der Waals surface area contributed by atoms with Crippen LogP contribution in [0.3, 0.4) is 0 Å². The topological polar surface area (TPSA) is 79.5 Å². The number of ether oxygens (including phenoxy) is 1. The molecule has 0 aliphatic heterocycles. The lowest BCUT2D eigenvalue weighted by Crippen LogP contribution is -2.34. The van der Waals surface area contributed by atoms with Crippen molar-refractivity contribution in [1.29, 1.82) is 0 Å². The summed E-state index contributed by atoms with van der Waals surface area (Å²) in [6.07, 6.45) is 0.771. The Kier molecular flexibility index (Phi) is 9.21. The molecule has 38 heavy (non-hydrogen) atoms. The van der Waals surface area contributed by atoms with Gasteiger partial charge in [0.05, 0.1) is 12.6 Å². The molecular weight excluding hydrogens is 494 g/mol. The molecule has 0 heterocycles. The van der Waals surface area contributed by atoms with Crippen LogP contribution in [-0.2, 0) is 6.42 Å². The molecule has 0 aliphatic carbocycles. The van der Waals surface area contributed by atoms with Crippen molar-refractivity contribution in [2.24, 2.45) is 0 Å². The van der Waals surface area contributed by atoms with Crippen LogP contribution in [0.25, 0.3) is 0 Å². The van der Waals surface area contributed by atoms with Gasteiger partial charge in [0.2, 0.25) is 0 Å². The standard InChI is InChI=1S/C31H29N3O3S/c1-22(24-12-6-3-7-13-24)32-29(35)25-14-8-16-27(20-25)33-31(38)34-30(36)26-15-9-17-28(21-26)37-19-18-23-10-4-2-5-11-23/h2-17,20-22H,18-19H2,1H3,(H,32,35)(H2,33,34,36,38). The van der Waals surface area contributed by atoms with E-state index in [1.165, 1.54) is 5.56 Å². The van der Waals surface area contributed by atoms with E-state index in [0.717, 1.165) is 12.0 Å². The summed E-state index contributed by atoms with van der Waals surface area (Å²) in [5.41, 5.74) is 3.70.